The van der Waals surface area contributed by atoms with Gasteiger partial charge in [0.05, 0.1) is 33.1 Å². The van der Waals surface area contributed by atoms with Gasteiger partial charge in [-0.05, 0) is 41.5 Å². The number of aldehydes is 1. The normalized spacial score (nSPS) is 12.7. The molecule has 136 valence electrons. The van der Waals surface area contributed by atoms with Crippen molar-refractivity contribution in [2.75, 3.05) is 12.3 Å². The predicted octanol–water partition coefficient (Wildman–Crippen LogP) is 3.57. The molecule has 0 aliphatic carbocycles. The van der Waals surface area contributed by atoms with Gasteiger partial charge in [0.15, 0.2) is 6.29 Å². The number of hydrazone groups is 1. The van der Waals surface area contributed by atoms with E-state index in [0.29, 0.717) is 21.7 Å². The molecule has 0 spiro atoms. The first-order valence-electron chi connectivity index (χ1n) is 8.17. The van der Waals surface area contributed by atoms with Crippen molar-refractivity contribution in [2.24, 2.45) is 5.10 Å². The average molecular weight is 397 g/mol. The first-order chi connectivity index (χ1) is 13.2. The van der Waals surface area contributed by atoms with Gasteiger partial charge in [-0.25, -0.2) is 5.43 Å². The van der Waals surface area contributed by atoms with Gasteiger partial charge in [-0.2, -0.15) is 5.10 Å². The Bertz CT molecular complexity index is 1050. The van der Waals surface area contributed by atoms with E-state index in [0.717, 1.165) is 46.1 Å². The number of nitrogens with two attached hydrogens (primary N) is 1. The van der Waals surface area contributed by atoms with Crippen LogP contribution in [0.1, 0.15) is 30.5 Å². The summed E-state index contributed by atoms with van der Waals surface area (Å²) in [5.74, 6) is 0.571. The van der Waals surface area contributed by atoms with Crippen molar-refractivity contribution in [1.29, 1.82) is 0 Å². The predicted molar refractivity (Wildman–Crippen MR) is 108 cm³/mol. The molecule has 3 heterocycles. The number of nitrogens with zero attached hydrogens (tertiary/aromatic N) is 1. The zero-order valence-electron chi connectivity index (χ0n) is 14.1. The van der Waals surface area contributed by atoms with Crippen molar-refractivity contribution in [3.8, 4) is 16.2 Å². The van der Waals surface area contributed by atoms with Gasteiger partial charge in [0.1, 0.15) is 5.75 Å². The molecule has 0 unspecified atom stereocenters. The highest BCUT2D eigenvalue weighted by Gasteiger charge is 2.15. The summed E-state index contributed by atoms with van der Waals surface area (Å²) in [5, 5.41) is 5.88. The molecule has 0 bridgehead atoms. The highest BCUT2D eigenvalue weighted by Crippen LogP contribution is 2.37. The first kappa shape index (κ1) is 17.4. The summed E-state index contributed by atoms with van der Waals surface area (Å²) in [4.78, 5) is 24.6. The van der Waals surface area contributed by atoms with Crippen molar-refractivity contribution < 1.29 is 14.3 Å². The van der Waals surface area contributed by atoms with E-state index in [2.05, 4.69) is 16.6 Å². The second-order valence-electron chi connectivity index (χ2n) is 5.87. The molecular formula is C19H15N3O3S2. The fourth-order valence-electron chi connectivity index (χ4n) is 2.79. The topological polar surface area (TPSA) is 93.8 Å². The number of ether oxygens (including phenoxy) is 1. The van der Waals surface area contributed by atoms with Crippen LogP contribution in [-0.2, 0) is 6.42 Å². The summed E-state index contributed by atoms with van der Waals surface area (Å²) >= 11 is 2.64. The number of carbonyl (C=O) groups excluding carboxylic acids is 2. The van der Waals surface area contributed by atoms with E-state index in [9.17, 15) is 9.59 Å². The monoisotopic (exact) mass is 397 g/mol. The number of rotatable bonds is 5. The van der Waals surface area contributed by atoms with Gasteiger partial charge < -0.3 is 10.5 Å². The maximum Gasteiger partial charge on any atom is 0.281 e. The second kappa shape index (κ2) is 7.34. The highest BCUT2D eigenvalue weighted by molar-refractivity contribution is 7.15. The zero-order chi connectivity index (χ0) is 18.8. The molecule has 3 aromatic rings. The number of carbonyl (C=O) groups is 2. The molecule has 6 nitrogen and oxygen atoms in total. The molecule has 2 aromatic heterocycles. The Labute approximate surface area is 163 Å². The quantitative estimate of drug-likeness (QED) is 0.391. The Kier molecular flexibility index (Phi) is 4.74. The van der Waals surface area contributed by atoms with Crippen LogP contribution in [0.5, 0.6) is 5.75 Å². The van der Waals surface area contributed by atoms with Crippen LogP contribution in [0.4, 0.5) is 5.69 Å². The number of hydrogen-bond acceptors (Lipinski definition) is 7. The Morgan fingerprint density at radius 1 is 1.30 bits per heavy atom. The van der Waals surface area contributed by atoms with E-state index in [-0.39, 0.29) is 5.91 Å². The Morgan fingerprint density at radius 3 is 3.00 bits per heavy atom. The number of hydrogen-bond donors (Lipinski definition) is 2. The van der Waals surface area contributed by atoms with E-state index < -0.39 is 0 Å². The molecule has 1 aromatic carbocycles. The van der Waals surface area contributed by atoms with Crippen LogP contribution in [0.3, 0.4) is 0 Å². The summed E-state index contributed by atoms with van der Waals surface area (Å²) in [6.07, 6.45) is 3.14. The molecule has 1 amide bonds. The standard InChI is InChI=1S/C19H15N3O3S2/c20-17-13(8-21-22-19(24)16-4-2-14(9-23)27-16)10-26-18(17)12-1-3-15-11(7-12)5-6-25-15/h1-4,7-10H,5-6,20H2,(H,22,24)/b21-8+. The van der Waals surface area contributed by atoms with E-state index >= 15 is 0 Å². The minimum Gasteiger partial charge on any atom is -0.493 e. The molecule has 8 heteroatoms. The lowest BCUT2D eigenvalue weighted by atomic mass is 10.1. The maximum atomic E-state index is 12.0. The molecule has 0 saturated heterocycles. The van der Waals surface area contributed by atoms with E-state index in [1.807, 2.05) is 17.5 Å². The van der Waals surface area contributed by atoms with Crippen LogP contribution < -0.4 is 15.9 Å². The third-order valence-corrected chi connectivity index (χ3v) is 6.22. The lowest BCUT2D eigenvalue weighted by Gasteiger charge is -2.04. The summed E-state index contributed by atoms with van der Waals surface area (Å²) in [5.41, 5.74) is 12.3. The number of amides is 1. The Hall–Kier alpha value is -2.97. The maximum absolute atomic E-state index is 12.0. The van der Waals surface area contributed by atoms with Gasteiger partial charge in [0.25, 0.3) is 5.91 Å². The fraction of sp³-hybridized carbons (Fsp3) is 0.105. The van der Waals surface area contributed by atoms with Crippen molar-refractivity contribution in [3.63, 3.8) is 0 Å². The molecule has 3 N–H and O–H groups in total. The number of thiophene rings is 2. The van der Waals surface area contributed by atoms with Crippen LogP contribution in [0, 0.1) is 0 Å². The molecule has 0 fully saturated rings. The minimum absolute atomic E-state index is 0.364. The zero-order valence-corrected chi connectivity index (χ0v) is 15.7. The van der Waals surface area contributed by atoms with Gasteiger partial charge in [-0.1, -0.05) is 0 Å². The van der Waals surface area contributed by atoms with Crippen LogP contribution in [0.25, 0.3) is 10.4 Å². The summed E-state index contributed by atoms with van der Waals surface area (Å²) in [6, 6.07) is 9.26. The summed E-state index contributed by atoms with van der Waals surface area (Å²) in [7, 11) is 0. The van der Waals surface area contributed by atoms with Gasteiger partial charge in [0.2, 0.25) is 0 Å². The van der Waals surface area contributed by atoms with Gasteiger partial charge in [-0.3, -0.25) is 9.59 Å². The Balaban J connectivity index is 1.48. The minimum atomic E-state index is -0.364. The summed E-state index contributed by atoms with van der Waals surface area (Å²) in [6.45, 7) is 0.717. The van der Waals surface area contributed by atoms with Crippen LogP contribution in [0.2, 0.25) is 0 Å². The molecule has 27 heavy (non-hydrogen) atoms. The van der Waals surface area contributed by atoms with Crippen molar-refractivity contribution in [2.45, 2.75) is 6.42 Å². The van der Waals surface area contributed by atoms with E-state index in [1.54, 1.807) is 12.1 Å². The largest absolute Gasteiger partial charge is 0.493 e. The third-order valence-electron chi connectivity index (χ3n) is 4.15. The average Bonchev–Trinajstić information content (AvgIpc) is 3.41. The molecule has 1 aliphatic rings. The van der Waals surface area contributed by atoms with E-state index in [4.69, 9.17) is 10.5 Å². The smallest absolute Gasteiger partial charge is 0.281 e. The highest BCUT2D eigenvalue weighted by atomic mass is 32.1. The number of nitrogens with one attached hydrogen (secondary N) is 1. The molecule has 0 atom stereocenters. The fourth-order valence-corrected chi connectivity index (χ4v) is 4.44. The lowest BCUT2D eigenvalue weighted by Crippen LogP contribution is -2.16. The lowest BCUT2D eigenvalue weighted by molar-refractivity contribution is 0.0959. The van der Waals surface area contributed by atoms with Crippen molar-refractivity contribution in [3.05, 3.63) is 56.6 Å². The Morgan fingerprint density at radius 2 is 2.19 bits per heavy atom. The third kappa shape index (κ3) is 3.49. The van der Waals surface area contributed by atoms with Crippen LogP contribution >= 0.6 is 22.7 Å². The molecule has 4 rings (SSSR count). The van der Waals surface area contributed by atoms with Gasteiger partial charge in [-0.15, -0.1) is 22.7 Å². The number of fused-ring (bicyclic) bond motifs is 1. The van der Waals surface area contributed by atoms with Gasteiger partial charge in [0, 0.05) is 17.4 Å². The molecule has 1 aliphatic heterocycles. The van der Waals surface area contributed by atoms with Crippen molar-refractivity contribution >= 4 is 46.8 Å². The molecule has 0 radical (unpaired) electrons. The number of anilines is 1. The van der Waals surface area contributed by atoms with Crippen LogP contribution in [0.15, 0.2) is 40.8 Å². The van der Waals surface area contributed by atoms with Crippen molar-refractivity contribution in [1.82, 2.24) is 5.43 Å². The summed E-state index contributed by atoms with van der Waals surface area (Å²) < 4.78 is 5.54. The number of benzene rings is 1. The van der Waals surface area contributed by atoms with E-state index in [1.165, 1.54) is 23.1 Å². The SMILES string of the molecule is Nc1c(/C=N/NC(=O)c2ccc(C=O)s2)csc1-c1ccc2c(c1)CCO2. The second-order valence-corrected chi connectivity index (χ2v) is 7.87. The van der Waals surface area contributed by atoms with Crippen LogP contribution in [-0.4, -0.2) is 25.0 Å². The molecule has 0 saturated carbocycles. The van der Waals surface area contributed by atoms with Gasteiger partial charge >= 0.3 is 0 Å². The number of nitrogen functional groups attached to an aromatic ring is 1. The molecular weight excluding hydrogens is 382 g/mol. The first-order valence-corrected chi connectivity index (χ1v) is 9.87.